The molecule has 0 aliphatic heterocycles. The Morgan fingerprint density at radius 1 is 1.53 bits per heavy atom. The van der Waals surface area contributed by atoms with Crippen LogP contribution in [0.2, 0.25) is 0 Å². The molecule has 0 aromatic heterocycles. The van der Waals surface area contributed by atoms with Crippen LogP contribution >= 0.6 is 0 Å². The summed E-state index contributed by atoms with van der Waals surface area (Å²) in [5, 5.41) is 9.33. The number of carbonyl (C=O) groups is 1. The van der Waals surface area contributed by atoms with E-state index in [2.05, 4.69) is 6.92 Å². The molecule has 92 valence electrons. The van der Waals surface area contributed by atoms with E-state index in [0.29, 0.717) is 12.3 Å². The minimum absolute atomic E-state index is 0.120. The number of phenols is 1. The Hall–Kier alpha value is -1.51. The van der Waals surface area contributed by atoms with Gasteiger partial charge in [0.25, 0.3) is 0 Å². The van der Waals surface area contributed by atoms with Crippen LogP contribution < -0.4 is 0 Å². The molecule has 17 heavy (non-hydrogen) atoms. The number of carbonyl (C=O) groups excluding carboxylic acids is 1. The summed E-state index contributed by atoms with van der Waals surface area (Å²) in [4.78, 5) is 13.7. The van der Waals surface area contributed by atoms with Gasteiger partial charge in [-0.25, -0.2) is 0 Å². The molecule has 1 saturated carbocycles. The van der Waals surface area contributed by atoms with Crippen LogP contribution in [-0.2, 0) is 11.2 Å². The molecular weight excluding hydrogens is 214 g/mol. The second kappa shape index (κ2) is 4.78. The van der Waals surface area contributed by atoms with Crippen LogP contribution in [0.3, 0.4) is 0 Å². The lowest BCUT2D eigenvalue weighted by Gasteiger charge is -2.17. The first-order valence-electron chi connectivity index (χ1n) is 6.08. The van der Waals surface area contributed by atoms with Crippen LogP contribution in [0.25, 0.3) is 0 Å². The van der Waals surface area contributed by atoms with Crippen molar-refractivity contribution >= 4 is 5.91 Å². The van der Waals surface area contributed by atoms with E-state index >= 15 is 0 Å². The first-order valence-corrected chi connectivity index (χ1v) is 6.08. The van der Waals surface area contributed by atoms with Gasteiger partial charge < -0.3 is 10.0 Å². The summed E-state index contributed by atoms with van der Waals surface area (Å²) >= 11 is 0. The van der Waals surface area contributed by atoms with Crippen molar-refractivity contribution in [3.05, 3.63) is 29.8 Å². The van der Waals surface area contributed by atoms with E-state index < -0.39 is 0 Å². The summed E-state index contributed by atoms with van der Waals surface area (Å²) in [7, 11) is 1.86. The Morgan fingerprint density at radius 3 is 2.82 bits per heavy atom. The molecule has 0 radical (unpaired) electrons. The summed E-state index contributed by atoms with van der Waals surface area (Å²) < 4.78 is 0. The summed E-state index contributed by atoms with van der Waals surface area (Å²) in [5.41, 5.74) is 0.866. The van der Waals surface area contributed by atoms with Crippen LogP contribution in [0.5, 0.6) is 5.75 Å². The number of aromatic hydroxyl groups is 1. The maximum Gasteiger partial charge on any atom is 0.226 e. The minimum Gasteiger partial charge on any atom is -0.508 e. The number of benzene rings is 1. The zero-order valence-electron chi connectivity index (χ0n) is 10.4. The Morgan fingerprint density at radius 2 is 2.24 bits per heavy atom. The van der Waals surface area contributed by atoms with Crippen molar-refractivity contribution in [1.82, 2.24) is 4.90 Å². The van der Waals surface area contributed by atoms with E-state index in [4.69, 9.17) is 0 Å². The van der Waals surface area contributed by atoms with Crippen molar-refractivity contribution in [3.63, 3.8) is 0 Å². The van der Waals surface area contributed by atoms with E-state index in [1.807, 2.05) is 13.1 Å². The van der Waals surface area contributed by atoms with Crippen LogP contribution in [0.15, 0.2) is 24.3 Å². The molecule has 0 spiro atoms. The second-order valence-corrected chi connectivity index (χ2v) is 5.09. The number of nitrogens with zero attached hydrogens (tertiary/aromatic N) is 1. The van der Waals surface area contributed by atoms with E-state index in [9.17, 15) is 9.90 Å². The zero-order chi connectivity index (χ0) is 12.4. The van der Waals surface area contributed by atoms with Crippen molar-refractivity contribution < 1.29 is 9.90 Å². The van der Waals surface area contributed by atoms with Gasteiger partial charge in [0.1, 0.15) is 5.75 Å². The molecule has 2 unspecified atom stereocenters. The van der Waals surface area contributed by atoms with E-state index in [1.165, 1.54) is 6.42 Å². The highest BCUT2D eigenvalue weighted by molar-refractivity contribution is 5.78. The minimum atomic E-state index is 0.120. The van der Waals surface area contributed by atoms with Gasteiger partial charge in [-0.3, -0.25) is 4.79 Å². The van der Waals surface area contributed by atoms with E-state index in [-0.39, 0.29) is 11.7 Å². The summed E-state index contributed by atoms with van der Waals surface area (Å²) in [5.74, 6) is 1.79. The molecule has 1 aromatic rings. The number of amides is 1. The molecule has 1 aliphatic carbocycles. The summed E-state index contributed by atoms with van der Waals surface area (Å²) in [6.45, 7) is 3.08. The fourth-order valence-electron chi connectivity index (χ4n) is 2.08. The molecule has 2 rings (SSSR count). The topological polar surface area (TPSA) is 40.5 Å². The second-order valence-electron chi connectivity index (χ2n) is 5.09. The fourth-order valence-corrected chi connectivity index (χ4v) is 2.08. The fraction of sp³-hybridized carbons (Fsp3) is 0.500. The quantitative estimate of drug-likeness (QED) is 0.864. The van der Waals surface area contributed by atoms with Crippen LogP contribution in [0.1, 0.15) is 18.9 Å². The number of hydrogen-bond acceptors (Lipinski definition) is 2. The van der Waals surface area contributed by atoms with Crippen molar-refractivity contribution in [3.8, 4) is 5.75 Å². The molecule has 1 fully saturated rings. The highest BCUT2D eigenvalue weighted by Crippen LogP contribution is 2.37. The van der Waals surface area contributed by atoms with E-state index in [1.54, 1.807) is 23.1 Å². The predicted octanol–water partition coefficient (Wildman–Crippen LogP) is 2.05. The first kappa shape index (κ1) is 12.0. The molecule has 0 bridgehead atoms. The van der Waals surface area contributed by atoms with Gasteiger partial charge in [-0.1, -0.05) is 19.1 Å². The maximum atomic E-state index is 11.9. The smallest absolute Gasteiger partial charge is 0.226 e. The highest BCUT2D eigenvalue weighted by Gasteiger charge is 2.34. The van der Waals surface area contributed by atoms with Gasteiger partial charge in [-0.05, 0) is 36.0 Å². The standard InChI is InChI=1S/C14H19NO2/c1-10-6-12(10)9-15(2)14(17)8-11-4-3-5-13(16)7-11/h3-5,7,10,12,16H,6,8-9H2,1-2H3. The Bertz CT molecular complexity index is 416. The molecule has 1 N–H and O–H groups in total. The third-order valence-electron chi connectivity index (χ3n) is 3.48. The number of phenolic OH excluding ortho intramolecular Hbond substituents is 1. The van der Waals surface area contributed by atoms with Gasteiger partial charge in [0.15, 0.2) is 0 Å². The SMILES string of the molecule is CC1CC1CN(C)C(=O)Cc1cccc(O)c1. The molecule has 1 aromatic carbocycles. The lowest BCUT2D eigenvalue weighted by Crippen LogP contribution is -2.30. The van der Waals surface area contributed by atoms with Gasteiger partial charge in [0, 0.05) is 13.6 Å². The number of hydrogen-bond donors (Lipinski definition) is 1. The van der Waals surface area contributed by atoms with E-state index in [0.717, 1.165) is 18.0 Å². The average molecular weight is 233 g/mol. The zero-order valence-corrected chi connectivity index (χ0v) is 10.4. The van der Waals surface area contributed by atoms with Gasteiger partial charge in [-0.15, -0.1) is 0 Å². The molecule has 1 aliphatic rings. The monoisotopic (exact) mass is 233 g/mol. The Kier molecular flexibility index (Phi) is 3.36. The first-order chi connectivity index (χ1) is 8.06. The lowest BCUT2D eigenvalue weighted by molar-refractivity contribution is -0.129. The van der Waals surface area contributed by atoms with Crippen molar-refractivity contribution in [2.45, 2.75) is 19.8 Å². The third kappa shape index (κ3) is 3.22. The van der Waals surface area contributed by atoms with Gasteiger partial charge >= 0.3 is 0 Å². The molecule has 3 heteroatoms. The van der Waals surface area contributed by atoms with Crippen LogP contribution in [0.4, 0.5) is 0 Å². The Labute approximate surface area is 102 Å². The van der Waals surface area contributed by atoms with Crippen LogP contribution in [0, 0.1) is 11.8 Å². The van der Waals surface area contributed by atoms with Crippen LogP contribution in [-0.4, -0.2) is 29.5 Å². The molecule has 1 amide bonds. The largest absolute Gasteiger partial charge is 0.508 e. The van der Waals surface area contributed by atoms with Gasteiger partial charge in [0.05, 0.1) is 6.42 Å². The number of rotatable bonds is 4. The van der Waals surface area contributed by atoms with Gasteiger partial charge in [0.2, 0.25) is 5.91 Å². The summed E-state index contributed by atoms with van der Waals surface area (Å²) in [6, 6.07) is 6.89. The number of likely N-dealkylation sites (N-methyl/N-ethyl adjacent to an activating group) is 1. The highest BCUT2D eigenvalue weighted by atomic mass is 16.3. The van der Waals surface area contributed by atoms with Crippen molar-refractivity contribution in [2.75, 3.05) is 13.6 Å². The molecule has 0 saturated heterocycles. The molecule has 3 nitrogen and oxygen atoms in total. The van der Waals surface area contributed by atoms with Crippen molar-refractivity contribution in [2.24, 2.45) is 11.8 Å². The molecule has 0 heterocycles. The normalized spacial score (nSPS) is 22.2. The third-order valence-corrected chi connectivity index (χ3v) is 3.48. The maximum absolute atomic E-state index is 11.9. The predicted molar refractivity (Wildman–Crippen MR) is 66.7 cm³/mol. The Balaban J connectivity index is 1.87. The average Bonchev–Trinajstić information content (AvgIpc) is 2.94. The van der Waals surface area contributed by atoms with Crippen molar-refractivity contribution in [1.29, 1.82) is 0 Å². The molecule has 2 atom stereocenters. The molecular formula is C14H19NO2. The summed E-state index contributed by atoms with van der Waals surface area (Å²) in [6.07, 6.45) is 1.61. The van der Waals surface area contributed by atoms with Gasteiger partial charge in [-0.2, -0.15) is 0 Å². The lowest BCUT2D eigenvalue weighted by atomic mass is 10.1.